The second kappa shape index (κ2) is 6.61. The summed E-state index contributed by atoms with van der Waals surface area (Å²) < 4.78 is 37.7. The summed E-state index contributed by atoms with van der Waals surface area (Å²) >= 11 is 1.45. The first-order valence-corrected chi connectivity index (χ1v) is 7.08. The number of carbonyl (C=O) groups excluding carboxylic acids is 2. The van der Waals surface area contributed by atoms with Crippen molar-refractivity contribution in [2.24, 2.45) is 0 Å². The number of hydrogen-bond acceptors (Lipinski definition) is 3. The minimum atomic E-state index is -4.51. The van der Waals surface area contributed by atoms with Crippen LogP contribution in [0.4, 0.5) is 18.9 Å². The van der Waals surface area contributed by atoms with Crippen LogP contribution in [-0.2, 0) is 22.3 Å². The van der Waals surface area contributed by atoms with Crippen LogP contribution in [0.2, 0.25) is 0 Å². The van der Waals surface area contributed by atoms with E-state index in [-0.39, 0.29) is 12.2 Å². The molecule has 0 spiro atoms. The van der Waals surface area contributed by atoms with E-state index >= 15 is 0 Å². The number of anilines is 1. The van der Waals surface area contributed by atoms with Crippen molar-refractivity contribution in [3.05, 3.63) is 52.2 Å². The van der Waals surface area contributed by atoms with Crippen LogP contribution in [0.15, 0.2) is 41.1 Å². The van der Waals surface area contributed by atoms with Crippen LogP contribution >= 0.6 is 11.3 Å². The maximum absolute atomic E-state index is 12.6. The lowest BCUT2D eigenvalue weighted by atomic mass is 10.2. The summed E-state index contributed by atoms with van der Waals surface area (Å²) in [7, 11) is 0. The van der Waals surface area contributed by atoms with E-state index in [0.29, 0.717) is 0 Å². The fraction of sp³-hybridized carbons (Fsp3) is 0.143. The van der Waals surface area contributed by atoms with Crippen molar-refractivity contribution in [3.63, 3.8) is 0 Å². The van der Waals surface area contributed by atoms with Crippen LogP contribution in [0, 0.1) is 0 Å². The number of benzene rings is 1. The van der Waals surface area contributed by atoms with Crippen LogP contribution in [0.3, 0.4) is 0 Å². The Morgan fingerprint density at radius 3 is 2.55 bits per heavy atom. The molecule has 22 heavy (non-hydrogen) atoms. The molecule has 0 radical (unpaired) electrons. The number of thiophene rings is 1. The molecule has 0 saturated heterocycles. The van der Waals surface area contributed by atoms with E-state index < -0.39 is 23.6 Å². The first kappa shape index (κ1) is 16.0. The van der Waals surface area contributed by atoms with Gasteiger partial charge in [0.1, 0.15) is 0 Å². The zero-order chi connectivity index (χ0) is 16.2. The average Bonchev–Trinajstić information content (AvgIpc) is 2.97. The van der Waals surface area contributed by atoms with Crippen LogP contribution in [0.5, 0.6) is 0 Å². The molecule has 4 nitrogen and oxygen atoms in total. The summed E-state index contributed by atoms with van der Waals surface area (Å²) in [4.78, 5) is 23.2. The molecule has 0 saturated carbocycles. The van der Waals surface area contributed by atoms with Crippen molar-refractivity contribution >= 4 is 28.8 Å². The molecule has 1 aromatic heterocycles. The van der Waals surface area contributed by atoms with Gasteiger partial charge in [-0.2, -0.15) is 24.5 Å². The molecule has 2 aromatic rings. The van der Waals surface area contributed by atoms with Gasteiger partial charge < -0.3 is 10.6 Å². The number of amides is 2. The van der Waals surface area contributed by atoms with Gasteiger partial charge in [-0.1, -0.05) is 6.07 Å². The maximum atomic E-state index is 12.6. The van der Waals surface area contributed by atoms with E-state index in [9.17, 15) is 22.8 Å². The van der Waals surface area contributed by atoms with Crippen LogP contribution in [-0.4, -0.2) is 11.8 Å². The molecule has 1 heterocycles. The van der Waals surface area contributed by atoms with Crippen LogP contribution in [0.1, 0.15) is 11.1 Å². The van der Waals surface area contributed by atoms with E-state index in [2.05, 4.69) is 10.6 Å². The molecule has 8 heteroatoms. The highest BCUT2D eigenvalue weighted by molar-refractivity contribution is 7.07. The van der Waals surface area contributed by atoms with Gasteiger partial charge in [0.2, 0.25) is 0 Å². The van der Waals surface area contributed by atoms with Crippen molar-refractivity contribution in [3.8, 4) is 0 Å². The van der Waals surface area contributed by atoms with Gasteiger partial charge in [-0.25, -0.2) is 0 Å². The normalized spacial score (nSPS) is 11.0. The Morgan fingerprint density at radius 1 is 1.14 bits per heavy atom. The first-order chi connectivity index (χ1) is 10.4. The van der Waals surface area contributed by atoms with Gasteiger partial charge in [-0.05, 0) is 40.6 Å². The molecule has 0 aliphatic carbocycles. The fourth-order valence-electron chi connectivity index (χ4n) is 1.62. The fourth-order valence-corrected chi connectivity index (χ4v) is 2.29. The van der Waals surface area contributed by atoms with Crippen molar-refractivity contribution in [2.75, 3.05) is 5.32 Å². The highest BCUT2D eigenvalue weighted by Gasteiger charge is 2.30. The molecule has 0 bridgehead atoms. The molecular formula is C14H11F3N2O2S. The van der Waals surface area contributed by atoms with Crippen molar-refractivity contribution in [1.82, 2.24) is 5.32 Å². The topological polar surface area (TPSA) is 58.2 Å². The van der Waals surface area contributed by atoms with E-state index in [1.165, 1.54) is 17.4 Å². The Hall–Kier alpha value is -2.35. The van der Waals surface area contributed by atoms with Gasteiger partial charge in [0.05, 0.1) is 5.56 Å². The molecule has 116 valence electrons. The number of rotatable bonds is 3. The Morgan fingerprint density at radius 2 is 1.91 bits per heavy atom. The van der Waals surface area contributed by atoms with E-state index in [4.69, 9.17) is 0 Å². The zero-order valence-electron chi connectivity index (χ0n) is 11.1. The van der Waals surface area contributed by atoms with Gasteiger partial charge in [0.15, 0.2) is 0 Å². The van der Waals surface area contributed by atoms with Gasteiger partial charge in [0.25, 0.3) is 0 Å². The van der Waals surface area contributed by atoms with Crippen molar-refractivity contribution < 1.29 is 22.8 Å². The lowest BCUT2D eigenvalue weighted by molar-refractivity contribution is -0.137. The summed E-state index contributed by atoms with van der Waals surface area (Å²) in [5.74, 6) is -1.93. The van der Waals surface area contributed by atoms with Gasteiger partial charge in [0, 0.05) is 12.2 Å². The second-order valence-corrected chi connectivity index (χ2v) is 5.13. The molecule has 0 unspecified atom stereocenters. The first-order valence-electron chi connectivity index (χ1n) is 6.14. The third kappa shape index (κ3) is 4.32. The standard InChI is InChI=1S/C14H11F3N2O2S/c15-14(16,17)10-2-1-3-11(6-10)19-13(21)12(20)18-7-9-4-5-22-8-9/h1-6,8H,7H2,(H,18,20)(H,19,21). The smallest absolute Gasteiger partial charge is 0.344 e. The molecule has 2 rings (SSSR count). The van der Waals surface area contributed by atoms with E-state index in [0.717, 1.165) is 23.8 Å². The highest BCUT2D eigenvalue weighted by atomic mass is 32.1. The zero-order valence-corrected chi connectivity index (χ0v) is 11.9. The Bertz CT molecular complexity index is 669. The monoisotopic (exact) mass is 328 g/mol. The second-order valence-electron chi connectivity index (χ2n) is 4.35. The molecule has 0 aliphatic rings. The third-order valence-corrected chi connectivity index (χ3v) is 3.42. The van der Waals surface area contributed by atoms with Crippen LogP contribution in [0.25, 0.3) is 0 Å². The third-order valence-electron chi connectivity index (χ3n) is 2.69. The maximum Gasteiger partial charge on any atom is 0.416 e. The number of carbonyl (C=O) groups is 2. The number of hydrogen-bond donors (Lipinski definition) is 2. The molecule has 2 N–H and O–H groups in total. The molecular weight excluding hydrogens is 317 g/mol. The van der Waals surface area contributed by atoms with E-state index in [1.54, 1.807) is 6.07 Å². The minimum Gasteiger partial charge on any atom is -0.344 e. The van der Waals surface area contributed by atoms with Crippen molar-refractivity contribution in [1.29, 1.82) is 0 Å². The molecule has 0 atom stereocenters. The summed E-state index contributed by atoms with van der Waals surface area (Å²) in [6.45, 7) is 0.179. The largest absolute Gasteiger partial charge is 0.416 e. The summed E-state index contributed by atoms with van der Waals surface area (Å²) in [6, 6.07) is 5.87. The van der Waals surface area contributed by atoms with Gasteiger partial charge >= 0.3 is 18.0 Å². The van der Waals surface area contributed by atoms with Gasteiger partial charge in [-0.3, -0.25) is 9.59 Å². The molecule has 1 aromatic carbocycles. The number of halogens is 3. The molecule has 0 aliphatic heterocycles. The minimum absolute atomic E-state index is 0.0921. The summed E-state index contributed by atoms with van der Waals surface area (Å²) in [5.41, 5.74) is -0.153. The summed E-state index contributed by atoms with van der Waals surface area (Å²) in [6.07, 6.45) is -4.51. The van der Waals surface area contributed by atoms with Gasteiger partial charge in [-0.15, -0.1) is 0 Å². The lowest BCUT2D eigenvalue weighted by Crippen LogP contribution is -2.34. The Labute approximate surface area is 128 Å². The van der Waals surface area contributed by atoms with Crippen molar-refractivity contribution in [2.45, 2.75) is 12.7 Å². The summed E-state index contributed by atoms with van der Waals surface area (Å²) in [5, 5.41) is 8.15. The molecule has 2 amide bonds. The molecule has 0 fully saturated rings. The average molecular weight is 328 g/mol. The predicted octanol–water partition coefficient (Wildman–Crippen LogP) is 3.02. The quantitative estimate of drug-likeness (QED) is 0.851. The van der Waals surface area contributed by atoms with E-state index in [1.807, 2.05) is 10.8 Å². The number of alkyl halides is 3. The Balaban J connectivity index is 1.95. The lowest BCUT2D eigenvalue weighted by Gasteiger charge is -2.09. The van der Waals surface area contributed by atoms with Crippen LogP contribution < -0.4 is 10.6 Å². The Kier molecular flexibility index (Phi) is 4.81. The number of nitrogens with one attached hydrogen (secondary N) is 2. The predicted molar refractivity (Wildman–Crippen MR) is 76.2 cm³/mol. The highest BCUT2D eigenvalue weighted by Crippen LogP contribution is 2.30. The SMILES string of the molecule is O=C(NCc1ccsc1)C(=O)Nc1cccc(C(F)(F)F)c1.